The van der Waals surface area contributed by atoms with Gasteiger partial charge in [-0.3, -0.25) is 0 Å². The number of halogens is 1. The number of benzene rings is 1. The van der Waals surface area contributed by atoms with E-state index in [4.69, 9.17) is 4.74 Å². The van der Waals surface area contributed by atoms with Crippen molar-refractivity contribution in [1.82, 2.24) is 4.98 Å². The number of hydrogen-bond acceptors (Lipinski definition) is 2. The van der Waals surface area contributed by atoms with Gasteiger partial charge in [-0.05, 0) is 18.6 Å². The summed E-state index contributed by atoms with van der Waals surface area (Å²) in [5.74, 6) is -0.215. The Hall–Kier alpha value is -1.84. The number of aromatic amines is 1. The second kappa shape index (κ2) is 3.96. The van der Waals surface area contributed by atoms with Crippen molar-refractivity contribution in [2.24, 2.45) is 0 Å². The molecule has 0 radical (unpaired) electrons. The Bertz CT molecular complexity index is 545. The molecule has 0 aliphatic rings. The quantitative estimate of drug-likeness (QED) is 0.808. The van der Waals surface area contributed by atoms with Crippen molar-refractivity contribution in [2.75, 3.05) is 7.11 Å². The molecule has 3 nitrogen and oxygen atoms in total. The SMILES string of the molecule is COc1cc2c(CC=O)c(C)[nH]c2cc1F. The van der Waals surface area contributed by atoms with E-state index in [0.717, 1.165) is 22.9 Å². The molecule has 0 saturated carbocycles. The molecular weight excluding hydrogens is 209 g/mol. The predicted octanol–water partition coefficient (Wildman–Crippen LogP) is 2.37. The molecular formula is C12H12FNO2. The van der Waals surface area contributed by atoms with E-state index >= 15 is 0 Å². The predicted molar refractivity (Wildman–Crippen MR) is 59.3 cm³/mol. The molecule has 0 bridgehead atoms. The third-order valence-electron chi connectivity index (χ3n) is 2.68. The van der Waals surface area contributed by atoms with Crippen molar-refractivity contribution in [1.29, 1.82) is 0 Å². The van der Waals surface area contributed by atoms with Crippen molar-refractivity contribution in [3.63, 3.8) is 0 Å². The van der Waals surface area contributed by atoms with E-state index in [0.29, 0.717) is 11.9 Å². The fraction of sp³-hybridized carbons (Fsp3) is 0.250. The average Bonchev–Trinajstić information content (AvgIpc) is 2.54. The number of H-pyrrole nitrogens is 1. The minimum absolute atomic E-state index is 0.193. The molecule has 2 rings (SSSR count). The van der Waals surface area contributed by atoms with Crippen LogP contribution in [0.3, 0.4) is 0 Å². The summed E-state index contributed by atoms with van der Waals surface area (Å²) >= 11 is 0. The fourth-order valence-corrected chi connectivity index (χ4v) is 1.89. The van der Waals surface area contributed by atoms with Gasteiger partial charge in [0.25, 0.3) is 0 Å². The third kappa shape index (κ3) is 1.56. The van der Waals surface area contributed by atoms with Crippen molar-refractivity contribution >= 4 is 17.2 Å². The highest BCUT2D eigenvalue weighted by atomic mass is 19.1. The maximum atomic E-state index is 13.4. The number of aldehydes is 1. The number of aryl methyl sites for hydroxylation is 1. The van der Waals surface area contributed by atoms with Crippen LogP contribution in [0.25, 0.3) is 10.9 Å². The van der Waals surface area contributed by atoms with Crippen LogP contribution in [0.15, 0.2) is 12.1 Å². The third-order valence-corrected chi connectivity index (χ3v) is 2.68. The van der Waals surface area contributed by atoms with Crippen LogP contribution in [0, 0.1) is 12.7 Å². The molecule has 0 saturated heterocycles. The molecule has 0 spiro atoms. The average molecular weight is 221 g/mol. The Morgan fingerprint density at radius 1 is 1.50 bits per heavy atom. The molecule has 1 heterocycles. The van der Waals surface area contributed by atoms with Gasteiger partial charge in [0.1, 0.15) is 6.29 Å². The van der Waals surface area contributed by atoms with E-state index in [1.165, 1.54) is 13.2 Å². The van der Waals surface area contributed by atoms with Crippen LogP contribution in [0.5, 0.6) is 5.75 Å². The summed E-state index contributed by atoms with van der Waals surface area (Å²) in [6.07, 6.45) is 1.16. The van der Waals surface area contributed by atoms with Gasteiger partial charge in [-0.25, -0.2) is 4.39 Å². The van der Waals surface area contributed by atoms with Gasteiger partial charge in [-0.2, -0.15) is 0 Å². The number of ether oxygens (including phenoxy) is 1. The molecule has 1 N–H and O–H groups in total. The lowest BCUT2D eigenvalue weighted by Gasteiger charge is -2.02. The summed E-state index contributed by atoms with van der Waals surface area (Å²) in [6, 6.07) is 3.00. The van der Waals surface area contributed by atoms with Crippen molar-refractivity contribution in [3.8, 4) is 5.75 Å². The summed E-state index contributed by atoms with van der Waals surface area (Å²) in [7, 11) is 1.42. The summed E-state index contributed by atoms with van der Waals surface area (Å²) < 4.78 is 18.4. The zero-order chi connectivity index (χ0) is 11.7. The maximum absolute atomic E-state index is 13.4. The highest BCUT2D eigenvalue weighted by Gasteiger charge is 2.12. The van der Waals surface area contributed by atoms with Gasteiger partial charge in [0.15, 0.2) is 11.6 Å². The lowest BCUT2D eigenvalue weighted by atomic mass is 10.1. The molecule has 0 aliphatic heterocycles. The highest BCUT2D eigenvalue weighted by Crippen LogP contribution is 2.28. The number of carbonyl (C=O) groups is 1. The molecule has 0 atom stereocenters. The Labute approximate surface area is 92.2 Å². The number of hydrogen-bond donors (Lipinski definition) is 1. The van der Waals surface area contributed by atoms with Gasteiger partial charge in [0.05, 0.1) is 7.11 Å². The van der Waals surface area contributed by atoms with Crippen molar-refractivity contribution in [3.05, 3.63) is 29.2 Å². The Morgan fingerprint density at radius 3 is 2.88 bits per heavy atom. The van der Waals surface area contributed by atoms with Gasteiger partial charge >= 0.3 is 0 Å². The second-order valence-corrected chi connectivity index (χ2v) is 3.63. The molecule has 2 aromatic rings. The molecule has 1 aromatic heterocycles. The lowest BCUT2D eigenvalue weighted by molar-refractivity contribution is -0.107. The lowest BCUT2D eigenvalue weighted by Crippen LogP contribution is -1.89. The van der Waals surface area contributed by atoms with Crippen LogP contribution in [-0.2, 0) is 11.2 Å². The number of carbonyl (C=O) groups excluding carboxylic acids is 1. The maximum Gasteiger partial charge on any atom is 0.167 e. The van der Waals surface area contributed by atoms with Crippen LogP contribution in [0.2, 0.25) is 0 Å². The van der Waals surface area contributed by atoms with Crippen LogP contribution < -0.4 is 4.74 Å². The van der Waals surface area contributed by atoms with E-state index in [1.807, 2.05) is 6.92 Å². The van der Waals surface area contributed by atoms with E-state index in [9.17, 15) is 9.18 Å². The van der Waals surface area contributed by atoms with E-state index in [1.54, 1.807) is 6.07 Å². The summed E-state index contributed by atoms with van der Waals surface area (Å²) in [4.78, 5) is 13.6. The highest BCUT2D eigenvalue weighted by molar-refractivity contribution is 5.88. The monoisotopic (exact) mass is 221 g/mol. The zero-order valence-electron chi connectivity index (χ0n) is 9.13. The van der Waals surface area contributed by atoms with Gasteiger partial charge in [0.2, 0.25) is 0 Å². The number of fused-ring (bicyclic) bond motifs is 1. The topological polar surface area (TPSA) is 42.1 Å². The van der Waals surface area contributed by atoms with Gasteiger partial charge in [0, 0.05) is 29.1 Å². The van der Waals surface area contributed by atoms with Crippen LogP contribution in [0.4, 0.5) is 4.39 Å². The summed E-state index contributed by atoms with van der Waals surface area (Å²) in [5, 5.41) is 0.836. The first-order valence-corrected chi connectivity index (χ1v) is 4.95. The normalized spacial score (nSPS) is 10.7. The molecule has 0 amide bonds. The zero-order valence-corrected chi connectivity index (χ0v) is 9.13. The first-order chi connectivity index (χ1) is 7.67. The van der Waals surface area contributed by atoms with Gasteiger partial charge < -0.3 is 14.5 Å². The second-order valence-electron chi connectivity index (χ2n) is 3.63. The number of methoxy groups -OCH3 is 1. The molecule has 0 aliphatic carbocycles. The molecule has 1 aromatic carbocycles. The standard InChI is InChI=1S/C12H12FNO2/c1-7-8(3-4-15)9-5-12(16-2)10(13)6-11(9)14-7/h4-6,14H,3H2,1-2H3. The Morgan fingerprint density at radius 2 is 2.25 bits per heavy atom. The van der Waals surface area contributed by atoms with Gasteiger partial charge in [-0.1, -0.05) is 0 Å². The molecule has 16 heavy (non-hydrogen) atoms. The molecule has 0 fully saturated rings. The molecule has 0 unspecified atom stereocenters. The molecule has 84 valence electrons. The Kier molecular flexibility index (Phi) is 2.64. The smallest absolute Gasteiger partial charge is 0.167 e. The largest absolute Gasteiger partial charge is 0.494 e. The van der Waals surface area contributed by atoms with Crippen LogP contribution in [-0.4, -0.2) is 18.4 Å². The summed E-state index contributed by atoms with van der Waals surface area (Å²) in [6.45, 7) is 1.86. The van der Waals surface area contributed by atoms with Crippen LogP contribution >= 0.6 is 0 Å². The number of rotatable bonds is 3. The van der Waals surface area contributed by atoms with Gasteiger partial charge in [-0.15, -0.1) is 0 Å². The minimum Gasteiger partial charge on any atom is -0.494 e. The number of aromatic nitrogens is 1. The Balaban J connectivity index is 2.71. The van der Waals surface area contributed by atoms with E-state index in [2.05, 4.69) is 4.98 Å². The first kappa shape index (κ1) is 10.7. The van der Waals surface area contributed by atoms with E-state index in [-0.39, 0.29) is 5.75 Å². The minimum atomic E-state index is -0.408. The molecule has 4 heteroatoms. The first-order valence-electron chi connectivity index (χ1n) is 4.95. The van der Waals surface area contributed by atoms with Crippen molar-refractivity contribution in [2.45, 2.75) is 13.3 Å². The summed E-state index contributed by atoms with van der Waals surface area (Å²) in [5.41, 5.74) is 2.46. The van der Waals surface area contributed by atoms with E-state index < -0.39 is 5.82 Å². The number of nitrogens with one attached hydrogen (secondary N) is 1. The van der Waals surface area contributed by atoms with Crippen molar-refractivity contribution < 1.29 is 13.9 Å². The van der Waals surface area contributed by atoms with Crippen LogP contribution in [0.1, 0.15) is 11.3 Å². The fourth-order valence-electron chi connectivity index (χ4n) is 1.89.